The molecule has 0 aromatic heterocycles. The Morgan fingerprint density at radius 2 is 2.15 bits per heavy atom. The van der Waals surface area contributed by atoms with Gasteiger partial charge in [0.25, 0.3) is 0 Å². The monoisotopic (exact) mass is 294 g/mol. The summed E-state index contributed by atoms with van der Waals surface area (Å²) in [5.74, 6) is 4.07. The molecule has 1 saturated heterocycles. The van der Waals surface area contributed by atoms with Gasteiger partial charge in [0, 0.05) is 36.7 Å². The zero-order valence-corrected chi connectivity index (χ0v) is 12.7. The zero-order chi connectivity index (χ0) is 13.9. The maximum atomic E-state index is 6.05. The van der Waals surface area contributed by atoms with Gasteiger partial charge in [0.2, 0.25) is 0 Å². The molecule has 2 heterocycles. The molecular formula is C15H22N2O2S. The smallest absolute Gasteiger partial charge is 0.161 e. The third-order valence-corrected chi connectivity index (χ3v) is 5.18. The molecule has 0 amide bonds. The fourth-order valence-electron chi connectivity index (χ4n) is 2.93. The molecule has 2 N–H and O–H groups in total. The third kappa shape index (κ3) is 2.75. The average molecular weight is 294 g/mol. The minimum Gasteiger partial charge on any atom is -0.486 e. The highest BCUT2D eigenvalue weighted by Crippen LogP contribution is 2.35. The van der Waals surface area contributed by atoms with Crippen LogP contribution in [0, 0.1) is 0 Å². The molecule has 20 heavy (non-hydrogen) atoms. The van der Waals surface area contributed by atoms with Crippen molar-refractivity contribution in [1.82, 2.24) is 4.90 Å². The minimum atomic E-state index is 0.265. The van der Waals surface area contributed by atoms with Crippen LogP contribution in [0.25, 0.3) is 0 Å². The zero-order valence-electron chi connectivity index (χ0n) is 11.9. The van der Waals surface area contributed by atoms with E-state index in [0.717, 1.165) is 18.0 Å². The Hall–Kier alpha value is -0.910. The van der Waals surface area contributed by atoms with E-state index in [1.54, 1.807) is 0 Å². The van der Waals surface area contributed by atoms with Crippen molar-refractivity contribution < 1.29 is 9.47 Å². The van der Waals surface area contributed by atoms with Gasteiger partial charge < -0.3 is 15.2 Å². The van der Waals surface area contributed by atoms with Crippen molar-refractivity contribution >= 4 is 11.8 Å². The van der Waals surface area contributed by atoms with E-state index < -0.39 is 0 Å². The fraction of sp³-hybridized carbons (Fsp3) is 0.600. The molecule has 0 saturated carbocycles. The van der Waals surface area contributed by atoms with Gasteiger partial charge in [-0.2, -0.15) is 11.8 Å². The molecule has 0 spiro atoms. The quantitative estimate of drug-likeness (QED) is 0.922. The lowest BCUT2D eigenvalue weighted by atomic mass is 10.0. The SMILES string of the molecule is CC1CSCCN1C(CN)c1ccc2c(c1)OCCO2. The van der Waals surface area contributed by atoms with Crippen molar-refractivity contribution in [2.45, 2.75) is 19.0 Å². The topological polar surface area (TPSA) is 47.7 Å². The number of hydrogen-bond acceptors (Lipinski definition) is 5. The van der Waals surface area contributed by atoms with E-state index in [2.05, 4.69) is 24.0 Å². The molecule has 1 fully saturated rings. The molecule has 4 nitrogen and oxygen atoms in total. The highest BCUT2D eigenvalue weighted by atomic mass is 32.2. The third-order valence-electron chi connectivity index (χ3n) is 3.99. The van der Waals surface area contributed by atoms with Crippen molar-refractivity contribution in [3.8, 4) is 11.5 Å². The number of hydrogen-bond donors (Lipinski definition) is 1. The molecule has 2 atom stereocenters. The van der Waals surface area contributed by atoms with Crippen LogP contribution in [0.4, 0.5) is 0 Å². The first-order chi connectivity index (χ1) is 9.79. The second-order valence-electron chi connectivity index (χ2n) is 5.32. The average Bonchev–Trinajstić information content (AvgIpc) is 2.50. The molecule has 110 valence electrons. The highest BCUT2D eigenvalue weighted by Gasteiger charge is 2.27. The lowest BCUT2D eigenvalue weighted by Crippen LogP contribution is -2.45. The van der Waals surface area contributed by atoms with Gasteiger partial charge in [0.05, 0.1) is 0 Å². The van der Waals surface area contributed by atoms with Crippen LogP contribution in [0.15, 0.2) is 18.2 Å². The van der Waals surface area contributed by atoms with Crippen LogP contribution in [0.1, 0.15) is 18.5 Å². The second kappa shape index (κ2) is 6.24. The number of rotatable bonds is 3. The predicted molar refractivity (Wildman–Crippen MR) is 82.7 cm³/mol. The maximum absolute atomic E-state index is 6.05. The van der Waals surface area contributed by atoms with E-state index in [0.29, 0.717) is 25.8 Å². The molecule has 5 heteroatoms. The van der Waals surface area contributed by atoms with Crippen LogP contribution < -0.4 is 15.2 Å². The Morgan fingerprint density at radius 3 is 2.90 bits per heavy atom. The standard InChI is InChI=1S/C15H22N2O2S/c1-11-10-20-7-4-17(11)13(9-16)12-2-3-14-15(8-12)19-6-5-18-14/h2-3,8,11,13H,4-7,9-10,16H2,1H3. The Morgan fingerprint density at radius 1 is 1.35 bits per heavy atom. The van der Waals surface area contributed by atoms with Gasteiger partial charge in [-0.15, -0.1) is 0 Å². The molecule has 3 rings (SSSR count). The summed E-state index contributed by atoms with van der Waals surface area (Å²) in [5.41, 5.74) is 7.29. The summed E-state index contributed by atoms with van der Waals surface area (Å²) in [5, 5.41) is 0. The van der Waals surface area contributed by atoms with E-state index >= 15 is 0 Å². The molecule has 2 aliphatic rings. The lowest BCUT2D eigenvalue weighted by molar-refractivity contribution is 0.160. The number of nitrogens with two attached hydrogens (primary N) is 1. The summed E-state index contributed by atoms with van der Waals surface area (Å²) in [6.07, 6.45) is 0. The second-order valence-corrected chi connectivity index (χ2v) is 6.47. The number of thioether (sulfide) groups is 1. The minimum absolute atomic E-state index is 0.265. The summed E-state index contributed by atoms with van der Waals surface area (Å²) < 4.78 is 11.3. The summed E-state index contributed by atoms with van der Waals surface area (Å²) in [4.78, 5) is 2.52. The summed E-state index contributed by atoms with van der Waals surface area (Å²) in [7, 11) is 0. The fourth-order valence-corrected chi connectivity index (χ4v) is 3.97. The molecule has 2 aliphatic heterocycles. The van der Waals surface area contributed by atoms with Crippen molar-refractivity contribution in [2.24, 2.45) is 5.73 Å². The largest absolute Gasteiger partial charge is 0.486 e. The predicted octanol–water partition coefficient (Wildman–Crippen LogP) is 1.89. The van der Waals surface area contributed by atoms with Gasteiger partial charge in [-0.25, -0.2) is 0 Å². The van der Waals surface area contributed by atoms with E-state index in [1.165, 1.54) is 17.1 Å². The van der Waals surface area contributed by atoms with Crippen molar-refractivity contribution in [3.05, 3.63) is 23.8 Å². The molecule has 1 aromatic rings. The van der Waals surface area contributed by atoms with Crippen LogP contribution in [0.3, 0.4) is 0 Å². The summed E-state index contributed by atoms with van der Waals surface area (Å²) in [6, 6.07) is 7.06. The van der Waals surface area contributed by atoms with Gasteiger partial charge in [-0.1, -0.05) is 6.07 Å². The van der Waals surface area contributed by atoms with Crippen LogP contribution in [0.2, 0.25) is 0 Å². The Labute approximate surface area is 124 Å². The number of nitrogens with zero attached hydrogens (tertiary/aromatic N) is 1. The number of fused-ring (bicyclic) bond motifs is 1. The van der Waals surface area contributed by atoms with E-state index in [-0.39, 0.29) is 6.04 Å². The Bertz CT molecular complexity index is 469. The summed E-state index contributed by atoms with van der Waals surface area (Å²) in [6.45, 7) is 5.27. The van der Waals surface area contributed by atoms with Crippen LogP contribution in [-0.2, 0) is 0 Å². The van der Waals surface area contributed by atoms with Gasteiger partial charge in [0.1, 0.15) is 13.2 Å². The van der Waals surface area contributed by atoms with Crippen LogP contribution >= 0.6 is 11.8 Å². The molecule has 1 aromatic carbocycles. The van der Waals surface area contributed by atoms with Crippen molar-refractivity contribution in [1.29, 1.82) is 0 Å². The number of ether oxygens (including phenoxy) is 2. The van der Waals surface area contributed by atoms with E-state index in [4.69, 9.17) is 15.2 Å². The normalized spacial score (nSPS) is 24.4. The van der Waals surface area contributed by atoms with Gasteiger partial charge >= 0.3 is 0 Å². The molecule has 0 radical (unpaired) electrons. The van der Waals surface area contributed by atoms with Gasteiger partial charge in [0.15, 0.2) is 11.5 Å². The Balaban J connectivity index is 1.85. The van der Waals surface area contributed by atoms with Crippen molar-refractivity contribution in [3.63, 3.8) is 0 Å². The molecule has 0 aliphatic carbocycles. The van der Waals surface area contributed by atoms with Crippen molar-refractivity contribution in [2.75, 3.05) is 37.8 Å². The number of benzene rings is 1. The van der Waals surface area contributed by atoms with Crippen LogP contribution in [0.5, 0.6) is 11.5 Å². The molecule has 0 bridgehead atoms. The first-order valence-corrected chi connectivity index (χ1v) is 8.38. The molecule has 2 unspecified atom stereocenters. The van der Waals surface area contributed by atoms with E-state index in [1.807, 2.05) is 17.8 Å². The maximum Gasteiger partial charge on any atom is 0.161 e. The first kappa shape index (κ1) is 14.0. The summed E-state index contributed by atoms with van der Waals surface area (Å²) >= 11 is 2.03. The Kier molecular flexibility index (Phi) is 4.38. The highest BCUT2D eigenvalue weighted by molar-refractivity contribution is 7.99. The first-order valence-electron chi connectivity index (χ1n) is 7.22. The lowest BCUT2D eigenvalue weighted by Gasteiger charge is -2.39. The van der Waals surface area contributed by atoms with Gasteiger partial charge in [-0.3, -0.25) is 4.90 Å². The van der Waals surface area contributed by atoms with Gasteiger partial charge in [-0.05, 0) is 24.6 Å². The van der Waals surface area contributed by atoms with Crippen LogP contribution in [-0.4, -0.2) is 48.8 Å². The van der Waals surface area contributed by atoms with E-state index in [9.17, 15) is 0 Å². The molecular weight excluding hydrogens is 272 g/mol.